The molecule has 0 saturated heterocycles. The van der Waals surface area contributed by atoms with Crippen molar-refractivity contribution in [2.75, 3.05) is 6.61 Å². The first-order chi connectivity index (χ1) is 14.5. The Bertz CT molecular complexity index is 1040. The maximum atomic E-state index is 12.4. The van der Waals surface area contributed by atoms with Gasteiger partial charge in [0.1, 0.15) is 0 Å². The van der Waals surface area contributed by atoms with Crippen LogP contribution in [0.1, 0.15) is 31.4 Å². The van der Waals surface area contributed by atoms with Gasteiger partial charge in [0.25, 0.3) is 11.8 Å². The number of carbonyl (C=O) groups excluding carboxylic acids is 3. The number of esters is 1. The molecule has 3 aromatic rings. The van der Waals surface area contributed by atoms with E-state index in [9.17, 15) is 14.4 Å². The van der Waals surface area contributed by atoms with Gasteiger partial charge in [-0.25, -0.2) is 9.78 Å². The summed E-state index contributed by atoms with van der Waals surface area (Å²) in [7, 11) is 0. The normalized spacial score (nSPS) is 10.3. The zero-order valence-corrected chi connectivity index (χ0v) is 17.7. The lowest BCUT2D eigenvalue weighted by Gasteiger charge is -2.10. The van der Waals surface area contributed by atoms with Crippen molar-refractivity contribution < 1.29 is 19.1 Å². The molecule has 0 aliphatic rings. The van der Waals surface area contributed by atoms with Crippen molar-refractivity contribution in [2.24, 2.45) is 0 Å². The molecule has 0 fully saturated rings. The van der Waals surface area contributed by atoms with E-state index in [0.717, 1.165) is 15.6 Å². The molecular formula is C21H19N3O4S2. The first kappa shape index (κ1) is 21.5. The summed E-state index contributed by atoms with van der Waals surface area (Å²) < 4.78 is 5.10. The summed E-state index contributed by atoms with van der Waals surface area (Å²) in [6.07, 6.45) is 0. The number of hydrogen-bond acceptors (Lipinski definition) is 7. The highest BCUT2D eigenvalue weighted by Gasteiger charge is 2.15. The molecule has 0 atom stereocenters. The molecule has 7 nitrogen and oxygen atoms in total. The number of nitrogens with zero attached hydrogens (tertiary/aromatic N) is 1. The molecule has 2 aromatic carbocycles. The third kappa shape index (κ3) is 6.16. The number of thiazole rings is 1. The van der Waals surface area contributed by atoms with Crippen molar-refractivity contribution in [3.05, 3.63) is 81.8 Å². The topological polar surface area (TPSA) is 97.4 Å². The smallest absolute Gasteiger partial charge is 0.339 e. The van der Waals surface area contributed by atoms with Crippen LogP contribution in [-0.4, -0.2) is 29.4 Å². The Kier molecular flexibility index (Phi) is 7.58. The van der Waals surface area contributed by atoms with E-state index in [2.05, 4.69) is 15.8 Å². The van der Waals surface area contributed by atoms with E-state index in [0.29, 0.717) is 16.9 Å². The van der Waals surface area contributed by atoms with E-state index in [4.69, 9.17) is 4.74 Å². The Balaban J connectivity index is 1.49. The highest BCUT2D eigenvalue weighted by Crippen LogP contribution is 2.27. The Morgan fingerprint density at radius 3 is 2.50 bits per heavy atom. The van der Waals surface area contributed by atoms with Crippen LogP contribution in [0.3, 0.4) is 0 Å². The summed E-state index contributed by atoms with van der Waals surface area (Å²) in [6.45, 7) is 1.43. The van der Waals surface area contributed by atoms with Crippen LogP contribution in [0.4, 0.5) is 0 Å². The Labute approximate surface area is 181 Å². The Morgan fingerprint density at radius 2 is 1.77 bits per heavy atom. The van der Waals surface area contributed by atoms with Crippen molar-refractivity contribution >= 4 is 40.9 Å². The molecule has 1 aromatic heterocycles. The molecule has 0 unspecified atom stereocenters. The number of aromatic nitrogens is 1. The van der Waals surface area contributed by atoms with Gasteiger partial charge in [0.15, 0.2) is 6.61 Å². The van der Waals surface area contributed by atoms with Crippen LogP contribution in [0.15, 0.2) is 64.9 Å². The number of thioether (sulfide) groups is 1. The van der Waals surface area contributed by atoms with Crippen molar-refractivity contribution in [3.8, 4) is 0 Å². The van der Waals surface area contributed by atoms with Crippen LogP contribution in [-0.2, 0) is 15.3 Å². The average molecular weight is 442 g/mol. The number of hydrazine groups is 1. The van der Waals surface area contributed by atoms with Gasteiger partial charge in [0, 0.05) is 21.6 Å². The molecule has 0 radical (unpaired) electrons. The van der Waals surface area contributed by atoms with Crippen LogP contribution < -0.4 is 10.9 Å². The van der Waals surface area contributed by atoms with Gasteiger partial charge in [-0.2, -0.15) is 0 Å². The van der Waals surface area contributed by atoms with Crippen molar-refractivity contribution in [1.82, 2.24) is 15.8 Å². The molecule has 0 aliphatic heterocycles. The van der Waals surface area contributed by atoms with E-state index >= 15 is 0 Å². The van der Waals surface area contributed by atoms with Crippen molar-refractivity contribution in [3.63, 3.8) is 0 Å². The lowest BCUT2D eigenvalue weighted by Crippen LogP contribution is -2.43. The Hall–Kier alpha value is -3.17. The molecule has 154 valence electrons. The summed E-state index contributed by atoms with van der Waals surface area (Å²) >= 11 is 3.05. The fourth-order valence-corrected chi connectivity index (χ4v) is 4.07. The monoisotopic (exact) mass is 441 g/mol. The van der Waals surface area contributed by atoms with Crippen molar-refractivity contribution in [1.29, 1.82) is 0 Å². The van der Waals surface area contributed by atoms with E-state index in [-0.39, 0.29) is 0 Å². The molecule has 0 aliphatic carbocycles. The molecule has 0 spiro atoms. The van der Waals surface area contributed by atoms with Crippen molar-refractivity contribution in [2.45, 2.75) is 17.6 Å². The van der Waals surface area contributed by atoms with Gasteiger partial charge in [-0.15, -0.1) is 23.1 Å². The summed E-state index contributed by atoms with van der Waals surface area (Å²) in [5.74, 6) is -1.09. The average Bonchev–Trinajstić information content (AvgIpc) is 3.20. The zero-order valence-electron chi connectivity index (χ0n) is 16.1. The largest absolute Gasteiger partial charge is 0.452 e. The molecule has 2 N–H and O–H groups in total. The summed E-state index contributed by atoms with van der Waals surface area (Å²) in [4.78, 5) is 41.4. The summed E-state index contributed by atoms with van der Waals surface area (Å²) in [5, 5.41) is 2.97. The third-order valence-electron chi connectivity index (χ3n) is 3.83. The molecule has 30 heavy (non-hydrogen) atoms. The van der Waals surface area contributed by atoms with Gasteiger partial charge >= 0.3 is 5.97 Å². The van der Waals surface area contributed by atoms with Gasteiger partial charge < -0.3 is 4.74 Å². The minimum atomic E-state index is -0.643. The fraction of sp³-hybridized carbons (Fsp3) is 0.143. The maximum Gasteiger partial charge on any atom is 0.339 e. The molecule has 9 heteroatoms. The standard InChI is InChI=1S/C21H19N3O4S2/c1-14-22-16(12-29-14)13-30-18-10-6-5-9-17(18)21(27)28-11-19(25)23-24-20(26)15-7-3-2-4-8-15/h2-10,12H,11,13H2,1H3,(H,23,25)(H,24,26). The second-order valence-corrected chi connectivity index (χ2v) is 8.17. The molecule has 3 rings (SSSR count). The lowest BCUT2D eigenvalue weighted by molar-refractivity contribution is -0.125. The first-order valence-electron chi connectivity index (χ1n) is 8.97. The van der Waals surface area contributed by atoms with Gasteiger partial charge in [-0.3, -0.25) is 20.4 Å². The van der Waals surface area contributed by atoms with E-state index < -0.39 is 24.4 Å². The molecule has 2 amide bonds. The summed E-state index contributed by atoms with van der Waals surface area (Å²) in [5.41, 5.74) is 6.21. The van der Waals surface area contributed by atoms with Crippen LogP contribution >= 0.6 is 23.1 Å². The van der Waals surface area contributed by atoms with Gasteiger partial charge in [0.2, 0.25) is 0 Å². The summed E-state index contributed by atoms with van der Waals surface area (Å²) in [6, 6.07) is 15.5. The Morgan fingerprint density at radius 1 is 1.03 bits per heavy atom. The quantitative estimate of drug-likeness (QED) is 0.332. The number of benzene rings is 2. The number of ether oxygens (including phenoxy) is 1. The second-order valence-electron chi connectivity index (χ2n) is 6.09. The predicted octanol–water partition coefficient (Wildman–Crippen LogP) is 3.36. The van der Waals surface area contributed by atoms with Gasteiger partial charge in [-0.05, 0) is 31.2 Å². The maximum absolute atomic E-state index is 12.4. The van der Waals surface area contributed by atoms with Crippen LogP contribution in [0.2, 0.25) is 0 Å². The number of nitrogens with one attached hydrogen (secondary N) is 2. The van der Waals surface area contributed by atoms with Gasteiger partial charge in [0.05, 0.1) is 16.3 Å². The van der Waals surface area contributed by atoms with Gasteiger partial charge in [-0.1, -0.05) is 30.3 Å². The predicted molar refractivity (Wildman–Crippen MR) is 115 cm³/mol. The lowest BCUT2D eigenvalue weighted by atomic mass is 10.2. The number of aryl methyl sites for hydroxylation is 1. The minimum absolute atomic E-state index is 0.371. The van der Waals surface area contributed by atoms with E-state index in [1.807, 2.05) is 24.4 Å². The molecule has 0 saturated carbocycles. The number of amides is 2. The number of carbonyl (C=O) groups is 3. The SMILES string of the molecule is Cc1nc(CSc2ccccc2C(=O)OCC(=O)NNC(=O)c2ccccc2)cs1. The van der Waals surface area contributed by atoms with E-state index in [1.165, 1.54) is 11.8 Å². The van der Waals surface area contributed by atoms with Crippen LogP contribution in [0.25, 0.3) is 0 Å². The molecule has 1 heterocycles. The highest BCUT2D eigenvalue weighted by atomic mass is 32.2. The molecular weight excluding hydrogens is 422 g/mol. The zero-order chi connectivity index (χ0) is 21.3. The van der Waals surface area contributed by atoms with E-state index in [1.54, 1.807) is 53.8 Å². The highest BCUT2D eigenvalue weighted by molar-refractivity contribution is 7.98. The fourth-order valence-electron chi connectivity index (χ4n) is 2.42. The minimum Gasteiger partial charge on any atom is -0.452 e. The number of hydrogen-bond donors (Lipinski definition) is 2. The number of rotatable bonds is 7. The van der Waals surface area contributed by atoms with Crippen LogP contribution in [0.5, 0.6) is 0 Å². The third-order valence-corrected chi connectivity index (χ3v) is 5.76. The molecule has 0 bridgehead atoms. The van der Waals surface area contributed by atoms with Crippen LogP contribution in [0, 0.1) is 6.92 Å². The second kappa shape index (κ2) is 10.6. The first-order valence-corrected chi connectivity index (χ1v) is 10.8.